The van der Waals surface area contributed by atoms with Gasteiger partial charge in [-0.25, -0.2) is 4.98 Å². The number of hydrogen-bond acceptors (Lipinski definition) is 7. The van der Waals surface area contributed by atoms with E-state index in [2.05, 4.69) is 15.2 Å². The highest BCUT2D eigenvalue weighted by atomic mass is 32.2. The van der Waals surface area contributed by atoms with Gasteiger partial charge in [-0.15, -0.1) is 21.5 Å². The van der Waals surface area contributed by atoms with Crippen molar-refractivity contribution in [2.24, 2.45) is 5.73 Å². The molecule has 2 aromatic rings. The monoisotopic (exact) mass is 242 g/mol. The van der Waals surface area contributed by atoms with Crippen LogP contribution in [0.1, 0.15) is 16.6 Å². The Morgan fingerprint density at radius 2 is 2.40 bits per heavy atom. The molecule has 15 heavy (non-hydrogen) atoms. The van der Waals surface area contributed by atoms with E-state index in [-0.39, 0.29) is 6.54 Å². The van der Waals surface area contributed by atoms with E-state index in [0.29, 0.717) is 11.1 Å². The molecule has 0 unspecified atom stereocenters. The Hall–Kier alpha value is -0.920. The molecular weight excluding hydrogens is 232 g/mol. The molecule has 0 bridgehead atoms. The van der Waals surface area contributed by atoms with E-state index in [9.17, 15) is 0 Å². The standard InChI is InChI=1S/C8H10N4OS2/c1-5-3-14-7(10-5)4-15-8-12-11-6(2-9)13-8/h3H,2,4,9H2,1H3. The third-order valence-electron chi connectivity index (χ3n) is 1.61. The zero-order valence-electron chi connectivity index (χ0n) is 8.14. The van der Waals surface area contributed by atoms with E-state index in [4.69, 9.17) is 10.2 Å². The summed E-state index contributed by atoms with van der Waals surface area (Å²) in [5.41, 5.74) is 6.40. The fourth-order valence-electron chi connectivity index (χ4n) is 0.971. The molecule has 0 aromatic carbocycles. The summed E-state index contributed by atoms with van der Waals surface area (Å²) >= 11 is 3.11. The molecule has 2 heterocycles. The Kier molecular flexibility index (Phi) is 3.34. The van der Waals surface area contributed by atoms with Crippen molar-refractivity contribution in [1.29, 1.82) is 0 Å². The number of aromatic nitrogens is 3. The first-order chi connectivity index (χ1) is 7.28. The Morgan fingerprint density at radius 1 is 1.53 bits per heavy atom. The lowest BCUT2D eigenvalue weighted by molar-refractivity contribution is 0.415. The fourth-order valence-corrected chi connectivity index (χ4v) is 2.54. The quantitative estimate of drug-likeness (QED) is 0.820. The second-order valence-corrected chi connectivity index (χ2v) is 4.71. The number of nitrogens with two attached hydrogens (primary N) is 1. The summed E-state index contributed by atoms with van der Waals surface area (Å²) in [5.74, 6) is 1.22. The highest BCUT2D eigenvalue weighted by molar-refractivity contribution is 7.98. The van der Waals surface area contributed by atoms with Crippen molar-refractivity contribution in [1.82, 2.24) is 15.2 Å². The topological polar surface area (TPSA) is 77.8 Å². The van der Waals surface area contributed by atoms with Gasteiger partial charge in [0.25, 0.3) is 5.22 Å². The van der Waals surface area contributed by atoms with Gasteiger partial charge in [-0.1, -0.05) is 11.8 Å². The van der Waals surface area contributed by atoms with Gasteiger partial charge in [0.05, 0.1) is 12.3 Å². The molecule has 0 aliphatic rings. The molecule has 0 radical (unpaired) electrons. The third kappa shape index (κ3) is 2.77. The molecule has 2 rings (SSSR count). The molecular formula is C8H10N4OS2. The molecule has 0 saturated heterocycles. The van der Waals surface area contributed by atoms with Crippen molar-refractivity contribution in [2.75, 3.05) is 0 Å². The summed E-state index contributed by atoms with van der Waals surface area (Å²) in [6.07, 6.45) is 0. The van der Waals surface area contributed by atoms with Crippen LogP contribution < -0.4 is 5.73 Å². The second-order valence-electron chi connectivity index (χ2n) is 2.84. The zero-order chi connectivity index (χ0) is 10.7. The minimum Gasteiger partial charge on any atom is -0.415 e. The second kappa shape index (κ2) is 4.73. The number of rotatable bonds is 4. The van der Waals surface area contributed by atoms with Crippen LogP contribution in [0.25, 0.3) is 0 Å². The first-order valence-corrected chi connectivity index (χ1v) is 6.20. The fraction of sp³-hybridized carbons (Fsp3) is 0.375. The maximum Gasteiger partial charge on any atom is 0.277 e. The summed E-state index contributed by atoms with van der Waals surface area (Å²) in [7, 11) is 0. The summed E-state index contributed by atoms with van der Waals surface area (Å²) in [4.78, 5) is 4.34. The van der Waals surface area contributed by atoms with Gasteiger partial charge in [-0.3, -0.25) is 0 Å². The van der Waals surface area contributed by atoms with Crippen LogP contribution in [0.2, 0.25) is 0 Å². The van der Waals surface area contributed by atoms with Gasteiger partial charge < -0.3 is 10.2 Å². The van der Waals surface area contributed by atoms with Crippen LogP contribution in [0, 0.1) is 6.92 Å². The number of thiazole rings is 1. The molecule has 0 aliphatic heterocycles. The largest absolute Gasteiger partial charge is 0.415 e. The van der Waals surface area contributed by atoms with E-state index in [1.54, 1.807) is 11.3 Å². The molecule has 0 amide bonds. The van der Waals surface area contributed by atoms with Crippen LogP contribution in [0.15, 0.2) is 15.0 Å². The van der Waals surface area contributed by atoms with Gasteiger partial charge in [-0.05, 0) is 6.92 Å². The average Bonchev–Trinajstić information content (AvgIpc) is 2.83. The third-order valence-corrected chi connectivity index (χ3v) is 3.59. The minimum absolute atomic E-state index is 0.282. The molecule has 0 saturated carbocycles. The number of hydrogen-bond donors (Lipinski definition) is 1. The van der Waals surface area contributed by atoms with E-state index in [0.717, 1.165) is 16.5 Å². The smallest absolute Gasteiger partial charge is 0.277 e. The van der Waals surface area contributed by atoms with Crippen LogP contribution in [-0.4, -0.2) is 15.2 Å². The van der Waals surface area contributed by atoms with Gasteiger partial charge in [0.15, 0.2) is 0 Å². The van der Waals surface area contributed by atoms with Gasteiger partial charge in [-0.2, -0.15) is 0 Å². The van der Waals surface area contributed by atoms with Crippen molar-refractivity contribution in [3.63, 3.8) is 0 Å². The van der Waals surface area contributed by atoms with Crippen molar-refractivity contribution >= 4 is 23.1 Å². The SMILES string of the molecule is Cc1csc(CSc2nnc(CN)o2)n1. The highest BCUT2D eigenvalue weighted by Gasteiger charge is 2.06. The Balaban J connectivity index is 1.93. The molecule has 0 spiro atoms. The lowest BCUT2D eigenvalue weighted by Gasteiger charge is -1.90. The first kappa shape index (κ1) is 10.6. The van der Waals surface area contributed by atoms with Crippen LogP contribution >= 0.6 is 23.1 Å². The lowest BCUT2D eigenvalue weighted by atomic mass is 10.6. The number of thioether (sulfide) groups is 1. The van der Waals surface area contributed by atoms with Crippen molar-refractivity contribution in [3.8, 4) is 0 Å². The van der Waals surface area contributed by atoms with Crippen molar-refractivity contribution < 1.29 is 4.42 Å². The highest BCUT2D eigenvalue weighted by Crippen LogP contribution is 2.23. The Morgan fingerprint density at radius 3 is 3.00 bits per heavy atom. The summed E-state index contributed by atoms with van der Waals surface area (Å²) < 4.78 is 5.25. The molecule has 2 N–H and O–H groups in total. The molecule has 5 nitrogen and oxygen atoms in total. The van der Waals surface area contributed by atoms with E-state index in [1.165, 1.54) is 11.8 Å². The predicted octanol–water partition coefficient (Wildman–Crippen LogP) is 1.59. The lowest BCUT2D eigenvalue weighted by Crippen LogP contribution is -1.95. The molecule has 0 atom stereocenters. The molecule has 0 aliphatic carbocycles. The average molecular weight is 242 g/mol. The van der Waals surface area contributed by atoms with Crippen LogP contribution in [0.5, 0.6) is 0 Å². The van der Waals surface area contributed by atoms with Crippen LogP contribution in [-0.2, 0) is 12.3 Å². The Labute approximate surface area is 95.1 Å². The van der Waals surface area contributed by atoms with Gasteiger partial charge in [0, 0.05) is 11.1 Å². The van der Waals surface area contributed by atoms with Crippen LogP contribution in [0.4, 0.5) is 0 Å². The minimum atomic E-state index is 0.282. The molecule has 2 aromatic heterocycles. The number of nitrogens with zero attached hydrogens (tertiary/aromatic N) is 3. The van der Waals surface area contributed by atoms with Gasteiger partial charge in [0.2, 0.25) is 5.89 Å². The van der Waals surface area contributed by atoms with Crippen molar-refractivity contribution in [2.45, 2.75) is 24.4 Å². The molecule has 80 valence electrons. The Bertz CT molecular complexity index is 439. The molecule has 7 heteroatoms. The van der Waals surface area contributed by atoms with E-state index < -0.39 is 0 Å². The van der Waals surface area contributed by atoms with E-state index in [1.807, 2.05) is 12.3 Å². The molecule has 0 fully saturated rings. The van der Waals surface area contributed by atoms with E-state index >= 15 is 0 Å². The van der Waals surface area contributed by atoms with Gasteiger partial charge in [0.1, 0.15) is 5.01 Å². The van der Waals surface area contributed by atoms with Crippen molar-refractivity contribution in [3.05, 3.63) is 22.0 Å². The maximum absolute atomic E-state index is 5.36. The van der Waals surface area contributed by atoms with Crippen LogP contribution in [0.3, 0.4) is 0 Å². The summed E-state index contributed by atoms with van der Waals surface area (Å²) in [6, 6.07) is 0. The normalized spacial score (nSPS) is 10.8. The summed E-state index contributed by atoms with van der Waals surface area (Å²) in [6.45, 7) is 2.26. The predicted molar refractivity (Wildman–Crippen MR) is 58.6 cm³/mol. The van der Waals surface area contributed by atoms with Gasteiger partial charge >= 0.3 is 0 Å². The summed E-state index contributed by atoms with van der Waals surface area (Å²) in [5, 5.41) is 11.3. The number of aryl methyl sites for hydroxylation is 1. The maximum atomic E-state index is 5.36. The zero-order valence-corrected chi connectivity index (χ0v) is 9.77. The first-order valence-electron chi connectivity index (χ1n) is 4.34.